The molecule has 94 valence electrons. The van der Waals surface area contributed by atoms with E-state index in [9.17, 15) is 4.79 Å². The maximum absolute atomic E-state index is 11.8. The fraction of sp³-hybridized carbons (Fsp3) is 0.417. The van der Waals surface area contributed by atoms with Crippen LogP contribution in [0.15, 0.2) is 18.2 Å². The topological polar surface area (TPSA) is 58.4 Å². The Morgan fingerprint density at radius 1 is 1.41 bits per heavy atom. The lowest BCUT2D eigenvalue weighted by Gasteiger charge is -2.19. The van der Waals surface area contributed by atoms with E-state index in [1.807, 2.05) is 32.0 Å². The molecule has 0 unspecified atom stereocenters. The minimum atomic E-state index is 0.0907. The molecule has 1 amide bonds. The van der Waals surface area contributed by atoms with Gasteiger partial charge in [0.05, 0.1) is 17.9 Å². The molecular weight excluding hydrogens is 329 g/mol. The van der Waals surface area contributed by atoms with Crippen LogP contribution in [-0.4, -0.2) is 30.4 Å². The lowest BCUT2D eigenvalue weighted by molar-refractivity contribution is -0.128. The number of carbonyl (C=O) groups is 1. The molecule has 0 atom stereocenters. The number of amides is 1. The molecule has 1 rings (SSSR count). The van der Waals surface area contributed by atoms with Crippen molar-refractivity contribution in [2.45, 2.75) is 13.8 Å². The summed E-state index contributed by atoms with van der Waals surface area (Å²) in [7, 11) is 0. The number of carbonyl (C=O) groups excluding carboxylic acids is 1. The molecule has 0 aliphatic heterocycles. The number of halogens is 1. The molecule has 1 aromatic rings. The van der Waals surface area contributed by atoms with Crippen molar-refractivity contribution >= 4 is 39.9 Å². The van der Waals surface area contributed by atoms with E-state index in [0.29, 0.717) is 5.69 Å². The first-order valence-corrected chi connectivity index (χ1v) is 6.73. The van der Waals surface area contributed by atoms with Crippen molar-refractivity contribution in [2.24, 2.45) is 0 Å². The van der Waals surface area contributed by atoms with Gasteiger partial charge in [-0.05, 0) is 54.6 Å². The average molecular weight is 347 g/mol. The third-order valence-electron chi connectivity index (χ3n) is 2.56. The second-order valence-corrected chi connectivity index (χ2v) is 4.90. The van der Waals surface area contributed by atoms with E-state index in [1.165, 1.54) is 0 Å². The second-order valence-electron chi connectivity index (χ2n) is 3.65. The van der Waals surface area contributed by atoms with Crippen molar-refractivity contribution in [3.63, 3.8) is 0 Å². The largest absolute Gasteiger partial charge is 0.397 e. The SMILES string of the molecule is CCN(CC)C(=O)CNc1ccc(I)cc1N. The predicted octanol–water partition coefficient (Wildman–Crippen LogP) is 2.15. The predicted molar refractivity (Wildman–Crippen MR) is 80.0 cm³/mol. The van der Waals surface area contributed by atoms with Crippen LogP contribution in [0.4, 0.5) is 11.4 Å². The standard InChI is InChI=1S/C12H18IN3O/c1-3-16(4-2)12(17)8-15-11-6-5-9(13)7-10(11)14/h5-7,15H,3-4,8,14H2,1-2H3. The fourth-order valence-corrected chi connectivity index (χ4v) is 2.07. The van der Waals surface area contributed by atoms with Crippen molar-refractivity contribution in [3.8, 4) is 0 Å². The Labute approximate surface area is 116 Å². The molecule has 0 saturated heterocycles. The van der Waals surface area contributed by atoms with Crippen molar-refractivity contribution in [1.82, 2.24) is 4.90 Å². The van der Waals surface area contributed by atoms with Gasteiger partial charge in [-0.1, -0.05) is 0 Å². The van der Waals surface area contributed by atoms with Gasteiger partial charge >= 0.3 is 0 Å². The summed E-state index contributed by atoms with van der Waals surface area (Å²) in [6.45, 7) is 5.70. The van der Waals surface area contributed by atoms with Gasteiger partial charge in [-0.2, -0.15) is 0 Å². The Bertz CT molecular complexity index is 391. The molecule has 0 radical (unpaired) electrons. The maximum Gasteiger partial charge on any atom is 0.241 e. The summed E-state index contributed by atoms with van der Waals surface area (Å²) in [6.07, 6.45) is 0. The molecular formula is C12H18IN3O. The molecule has 0 bridgehead atoms. The quantitative estimate of drug-likeness (QED) is 0.634. The molecule has 17 heavy (non-hydrogen) atoms. The second kappa shape index (κ2) is 6.68. The van der Waals surface area contributed by atoms with Crippen LogP contribution in [0.2, 0.25) is 0 Å². The summed E-state index contributed by atoms with van der Waals surface area (Å²) in [5, 5.41) is 3.07. The van der Waals surface area contributed by atoms with Crippen molar-refractivity contribution in [2.75, 3.05) is 30.7 Å². The van der Waals surface area contributed by atoms with Gasteiger partial charge in [-0.15, -0.1) is 0 Å². The Balaban J connectivity index is 2.58. The Morgan fingerprint density at radius 3 is 2.59 bits per heavy atom. The van der Waals surface area contributed by atoms with Gasteiger partial charge in [0, 0.05) is 16.7 Å². The van der Waals surface area contributed by atoms with Gasteiger partial charge in [0.2, 0.25) is 5.91 Å². The molecule has 0 spiro atoms. The summed E-state index contributed by atoms with van der Waals surface area (Å²) >= 11 is 2.20. The van der Waals surface area contributed by atoms with Crippen LogP contribution < -0.4 is 11.1 Å². The Morgan fingerprint density at radius 2 is 2.06 bits per heavy atom. The third kappa shape index (κ3) is 4.07. The zero-order valence-electron chi connectivity index (χ0n) is 10.2. The number of hydrogen-bond acceptors (Lipinski definition) is 3. The normalized spacial score (nSPS) is 10.1. The van der Waals surface area contributed by atoms with Gasteiger partial charge in [0.15, 0.2) is 0 Å². The first kappa shape index (κ1) is 14.1. The Kier molecular flexibility index (Phi) is 5.54. The molecule has 0 aliphatic rings. The van der Waals surface area contributed by atoms with E-state index in [2.05, 4.69) is 27.9 Å². The van der Waals surface area contributed by atoms with Gasteiger partial charge in [-0.25, -0.2) is 0 Å². The highest BCUT2D eigenvalue weighted by atomic mass is 127. The number of anilines is 2. The van der Waals surface area contributed by atoms with Crippen LogP contribution in [0, 0.1) is 3.57 Å². The van der Waals surface area contributed by atoms with E-state index in [4.69, 9.17) is 5.73 Å². The van der Waals surface area contributed by atoms with Gasteiger partial charge in [-0.3, -0.25) is 4.79 Å². The minimum Gasteiger partial charge on any atom is -0.397 e. The van der Waals surface area contributed by atoms with Crippen LogP contribution in [0.5, 0.6) is 0 Å². The number of likely N-dealkylation sites (N-methyl/N-ethyl adjacent to an activating group) is 1. The summed E-state index contributed by atoms with van der Waals surface area (Å²) in [5.41, 5.74) is 7.34. The van der Waals surface area contributed by atoms with Crippen LogP contribution >= 0.6 is 22.6 Å². The summed E-state index contributed by atoms with van der Waals surface area (Å²) in [5.74, 6) is 0.0907. The van der Waals surface area contributed by atoms with Gasteiger partial charge < -0.3 is 16.0 Å². The van der Waals surface area contributed by atoms with Gasteiger partial charge in [0.1, 0.15) is 0 Å². The highest BCUT2D eigenvalue weighted by Gasteiger charge is 2.09. The molecule has 4 nitrogen and oxygen atoms in total. The van der Waals surface area contributed by atoms with Crippen molar-refractivity contribution in [3.05, 3.63) is 21.8 Å². The molecule has 0 aromatic heterocycles. The maximum atomic E-state index is 11.8. The monoisotopic (exact) mass is 347 g/mol. The van der Waals surface area contributed by atoms with E-state index in [1.54, 1.807) is 4.90 Å². The van der Waals surface area contributed by atoms with Crippen LogP contribution in [0.1, 0.15) is 13.8 Å². The molecule has 0 heterocycles. The van der Waals surface area contributed by atoms with Crippen molar-refractivity contribution < 1.29 is 4.79 Å². The minimum absolute atomic E-state index is 0.0907. The van der Waals surface area contributed by atoms with E-state index >= 15 is 0 Å². The first-order chi connectivity index (χ1) is 8.08. The summed E-state index contributed by atoms with van der Waals surface area (Å²) in [6, 6.07) is 5.73. The molecule has 0 saturated carbocycles. The summed E-state index contributed by atoms with van der Waals surface area (Å²) < 4.78 is 1.08. The number of rotatable bonds is 5. The molecule has 3 N–H and O–H groups in total. The third-order valence-corrected chi connectivity index (χ3v) is 3.23. The zero-order chi connectivity index (χ0) is 12.8. The lowest BCUT2D eigenvalue weighted by atomic mass is 10.2. The smallest absolute Gasteiger partial charge is 0.241 e. The molecule has 1 aromatic carbocycles. The van der Waals surface area contributed by atoms with Crippen LogP contribution in [-0.2, 0) is 4.79 Å². The number of nitrogen functional groups attached to an aromatic ring is 1. The molecule has 0 aliphatic carbocycles. The number of nitrogens with zero attached hydrogens (tertiary/aromatic N) is 1. The van der Waals surface area contributed by atoms with Gasteiger partial charge in [0.25, 0.3) is 0 Å². The number of nitrogens with two attached hydrogens (primary N) is 1. The van der Waals surface area contributed by atoms with E-state index < -0.39 is 0 Å². The highest BCUT2D eigenvalue weighted by molar-refractivity contribution is 14.1. The van der Waals surface area contributed by atoms with Crippen molar-refractivity contribution in [1.29, 1.82) is 0 Å². The van der Waals surface area contributed by atoms with E-state index in [0.717, 1.165) is 22.3 Å². The number of nitrogens with one attached hydrogen (secondary N) is 1. The molecule has 0 fully saturated rings. The van der Waals surface area contributed by atoms with E-state index in [-0.39, 0.29) is 12.5 Å². The first-order valence-electron chi connectivity index (χ1n) is 5.65. The summed E-state index contributed by atoms with van der Waals surface area (Å²) in [4.78, 5) is 13.6. The van der Waals surface area contributed by atoms with Crippen LogP contribution in [0.25, 0.3) is 0 Å². The highest BCUT2D eigenvalue weighted by Crippen LogP contribution is 2.20. The van der Waals surface area contributed by atoms with Crippen LogP contribution in [0.3, 0.4) is 0 Å². The number of benzene rings is 1. The number of hydrogen-bond donors (Lipinski definition) is 2. The zero-order valence-corrected chi connectivity index (χ0v) is 12.3. The Hall–Kier alpha value is -0.980. The average Bonchev–Trinajstić information content (AvgIpc) is 2.29. The lowest BCUT2D eigenvalue weighted by Crippen LogP contribution is -2.35. The molecule has 5 heteroatoms. The fourth-order valence-electron chi connectivity index (χ4n) is 1.55.